The van der Waals surface area contributed by atoms with E-state index < -0.39 is 10.1 Å². The molecule has 0 unspecified atom stereocenters. The molecule has 1 aliphatic rings. The summed E-state index contributed by atoms with van der Waals surface area (Å²) in [4.78, 5) is 0. The van der Waals surface area contributed by atoms with Crippen molar-refractivity contribution in [3.63, 3.8) is 0 Å². The molecular weight excluding hydrogens is 176 g/mol. The third kappa shape index (κ3) is 3.54. The molecule has 1 aliphatic carbocycles. The number of hydrogen-bond donors (Lipinski definition) is 1. The maximum absolute atomic E-state index is 10.5. The molecule has 72 valence electrons. The minimum Gasteiger partial charge on any atom is -0.286 e. The predicted octanol–water partition coefficient (Wildman–Crippen LogP) is 1.70. The van der Waals surface area contributed by atoms with Gasteiger partial charge in [-0.15, -0.1) is 0 Å². The molecule has 0 saturated heterocycles. The van der Waals surface area contributed by atoms with Gasteiger partial charge in [-0.25, -0.2) is 0 Å². The molecule has 1 fully saturated rings. The molecule has 0 bridgehead atoms. The van der Waals surface area contributed by atoms with E-state index in [1.807, 2.05) is 0 Å². The van der Waals surface area contributed by atoms with Crippen molar-refractivity contribution >= 4 is 10.1 Å². The van der Waals surface area contributed by atoms with E-state index in [1.165, 1.54) is 0 Å². The second-order valence-electron chi connectivity index (χ2n) is 3.87. The lowest BCUT2D eigenvalue weighted by atomic mass is 9.84. The zero-order valence-corrected chi connectivity index (χ0v) is 8.18. The van der Waals surface area contributed by atoms with Gasteiger partial charge in [-0.1, -0.05) is 19.8 Å². The number of hydrogen-bond acceptors (Lipinski definition) is 2. The Morgan fingerprint density at radius 3 is 2.17 bits per heavy atom. The van der Waals surface area contributed by atoms with Crippen molar-refractivity contribution in [2.45, 2.75) is 32.6 Å². The Balaban J connectivity index is 2.36. The third-order valence-corrected chi connectivity index (χ3v) is 3.47. The largest absolute Gasteiger partial charge is 0.286 e. The van der Waals surface area contributed by atoms with Crippen molar-refractivity contribution in [3.8, 4) is 0 Å². The molecule has 0 amide bonds. The fraction of sp³-hybridized carbons (Fsp3) is 1.00. The smallest absolute Gasteiger partial charge is 0.265 e. The molecule has 0 heterocycles. The van der Waals surface area contributed by atoms with Gasteiger partial charge in [0.15, 0.2) is 0 Å². The minimum atomic E-state index is -3.74. The van der Waals surface area contributed by atoms with Gasteiger partial charge in [0.25, 0.3) is 10.1 Å². The van der Waals surface area contributed by atoms with Crippen LogP contribution in [0.2, 0.25) is 0 Å². The highest BCUT2D eigenvalue weighted by Crippen LogP contribution is 2.28. The van der Waals surface area contributed by atoms with Crippen LogP contribution in [-0.2, 0) is 10.1 Å². The average molecular weight is 192 g/mol. The SMILES string of the molecule is CC1CCC(CS(=O)(=O)O)CC1. The highest BCUT2D eigenvalue weighted by molar-refractivity contribution is 7.85. The van der Waals surface area contributed by atoms with Crippen molar-refractivity contribution in [2.24, 2.45) is 11.8 Å². The van der Waals surface area contributed by atoms with E-state index in [4.69, 9.17) is 4.55 Å². The number of rotatable bonds is 2. The normalized spacial score (nSPS) is 31.8. The second kappa shape index (κ2) is 3.75. The van der Waals surface area contributed by atoms with Crippen LogP contribution in [0.4, 0.5) is 0 Å². The van der Waals surface area contributed by atoms with Crippen LogP contribution >= 0.6 is 0 Å². The van der Waals surface area contributed by atoms with Gasteiger partial charge in [0.05, 0.1) is 5.75 Å². The highest BCUT2D eigenvalue weighted by Gasteiger charge is 2.22. The van der Waals surface area contributed by atoms with Gasteiger partial charge < -0.3 is 0 Å². The zero-order chi connectivity index (χ0) is 9.19. The first-order chi connectivity index (χ1) is 5.47. The van der Waals surface area contributed by atoms with Crippen molar-refractivity contribution in [1.82, 2.24) is 0 Å². The Morgan fingerprint density at radius 2 is 1.75 bits per heavy atom. The first-order valence-electron chi connectivity index (χ1n) is 4.42. The van der Waals surface area contributed by atoms with Crippen LogP contribution in [0.1, 0.15) is 32.6 Å². The maximum atomic E-state index is 10.5. The van der Waals surface area contributed by atoms with Gasteiger partial charge in [0.1, 0.15) is 0 Å². The predicted molar refractivity (Wildman–Crippen MR) is 47.5 cm³/mol. The molecule has 0 atom stereocenters. The molecular formula is C8H16O3S. The second-order valence-corrected chi connectivity index (χ2v) is 5.37. The lowest BCUT2D eigenvalue weighted by Gasteiger charge is -2.24. The summed E-state index contributed by atoms with van der Waals surface area (Å²) in [5.41, 5.74) is 0. The summed E-state index contributed by atoms with van der Waals surface area (Å²) in [6, 6.07) is 0. The Labute approximate surface area is 73.9 Å². The maximum Gasteiger partial charge on any atom is 0.265 e. The molecule has 12 heavy (non-hydrogen) atoms. The summed E-state index contributed by atoms with van der Waals surface area (Å²) < 4.78 is 29.7. The topological polar surface area (TPSA) is 54.4 Å². The zero-order valence-electron chi connectivity index (χ0n) is 7.36. The molecule has 0 aliphatic heterocycles. The average Bonchev–Trinajstić information content (AvgIpc) is 1.91. The van der Waals surface area contributed by atoms with Crippen molar-refractivity contribution in [3.05, 3.63) is 0 Å². The van der Waals surface area contributed by atoms with Gasteiger partial charge >= 0.3 is 0 Å². The van der Waals surface area contributed by atoms with Crippen LogP contribution < -0.4 is 0 Å². The van der Waals surface area contributed by atoms with Gasteiger partial charge in [0, 0.05) is 0 Å². The molecule has 1 rings (SSSR count). The minimum absolute atomic E-state index is 0.0419. The molecule has 1 N–H and O–H groups in total. The molecule has 1 saturated carbocycles. The van der Waals surface area contributed by atoms with Gasteiger partial charge in [-0.2, -0.15) is 8.42 Å². The summed E-state index contributed by atoms with van der Waals surface area (Å²) in [6.45, 7) is 2.18. The monoisotopic (exact) mass is 192 g/mol. The summed E-state index contributed by atoms with van der Waals surface area (Å²) in [5, 5.41) is 0. The van der Waals surface area contributed by atoms with E-state index in [0.717, 1.165) is 31.6 Å². The van der Waals surface area contributed by atoms with Crippen LogP contribution in [-0.4, -0.2) is 18.7 Å². The van der Waals surface area contributed by atoms with Crippen molar-refractivity contribution < 1.29 is 13.0 Å². The summed E-state index contributed by atoms with van der Waals surface area (Å²) in [6.07, 6.45) is 4.09. The molecule has 0 radical (unpaired) electrons. The molecule has 0 spiro atoms. The lowest BCUT2D eigenvalue weighted by molar-refractivity contribution is 0.304. The lowest BCUT2D eigenvalue weighted by Crippen LogP contribution is -2.20. The fourth-order valence-corrected chi connectivity index (χ4v) is 2.72. The van der Waals surface area contributed by atoms with E-state index in [2.05, 4.69) is 6.92 Å². The van der Waals surface area contributed by atoms with Gasteiger partial charge in [-0.05, 0) is 24.7 Å². The quantitative estimate of drug-likeness (QED) is 0.677. The Hall–Kier alpha value is -0.0900. The van der Waals surface area contributed by atoms with Crippen LogP contribution in [0.3, 0.4) is 0 Å². The molecule has 3 nitrogen and oxygen atoms in total. The standard InChI is InChI=1S/C8H16O3S/c1-7-2-4-8(5-3-7)6-12(9,10)11/h7-8H,2-6H2,1H3,(H,9,10,11). The van der Waals surface area contributed by atoms with Crippen LogP contribution in [0.5, 0.6) is 0 Å². The Morgan fingerprint density at radius 1 is 1.25 bits per heavy atom. The van der Waals surface area contributed by atoms with Crippen LogP contribution in [0, 0.1) is 11.8 Å². The molecule has 4 heteroatoms. The fourth-order valence-electron chi connectivity index (χ4n) is 1.79. The van der Waals surface area contributed by atoms with E-state index in [1.54, 1.807) is 0 Å². The van der Waals surface area contributed by atoms with E-state index in [-0.39, 0.29) is 11.7 Å². The Bertz CT molecular complexity index is 225. The van der Waals surface area contributed by atoms with Gasteiger partial charge in [-0.3, -0.25) is 4.55 Å². The van der Waals surface area contributed by atoms with Crippen molar-refractivity contribution in [1.29, 1.82) is 0 Å². The van der Waals surface area contributed by atoms with E-state index in [9.17, 15) is 8.42 Å². The van der Waals surface area contributed by atoms with Gasteiger partial charge in [0.2, 0.25) is 0 Å². The molecule has 0 aromatic carbocycles. The molecule has 0 aromatic heterocycles. The summed E-state index contributed by atoms with van der Waals surface area (Å²) in [7, 11) is -3.74. The third-order valence-electron chi connectivity index (χ3n) is 2.58. The Kier molecular flexibility index (Phi) is 3.12. The summed E-state index contributed by atoms with van der Waals surface area (Å²) in [5.74, 6) is 0.874. The van der Waals surface area contributed by atoms with Crippen LogP contribution in [0.15, 0.2) is 0 Å². The van der Waals surface area contributed by atoms with Crippen molar-refractivity contribution in [2.75, 3.05) is 5.75 Å². The molecule has 0 aromatic rings. The summed E-state index contributed by atoms with van der Waals surface area (Å²) >= 11 is 0. The first-order valence-corrected chi connectivity index (χ1v) is 6.03. The van der Waals surface area contributed by atoms with E-state index >= 15 is 0 Å². The first kappa shape index (κ1) is 9.99. The van der Waals surface area contributed by atoms with E-state index in [0.29, 0.717) is 0 Å². The van der Waals surface area contributed by atoms with Crippen LogP contribution in [0.25, 0.3) is 0 Å². The highest BCUT2D eigenvalue weighted by atomic mass is 32.2.